The van der Waals surface area contributed by atoms with Gasteiger partial charge in [0.1, 0.15) is 24.2 Å². The van der Waals surface area contributed by atoms with Gasteiger partial charge in [-0.05, 0) is 48.4 Å². The molecule has 0 aromatic heterocycles. The van der Waals surface area contributed by atoms with E-state index < -0.39 is 21.9 Å². The van der Waals surface area contributed by atoms with Crippen LogP contribution in [0.5, 0.6) is 11.5 Å². The summed E-state index contributed by atoms with van der Waals surface area (Å²) < 4.78 is 42.1. The fourth-order valence-corrected chi connectivity index (χ4v) is 4.24. The Morgan fingerprint density at radius 1 is 1.03 bits per heavy atom. The van der Waals surface area contributed by atoms with Gasteiger partial charge in [0.05, 0.1) is 27.3 Å². The molecule has 2 rings (SSSR count). The maximum absolute atomic E-state index is 12.9. The first kappa shape index (κ1) is 25.3. The molecule has 6 nitrogen and oxygen atoms in total. The van der Waals surface area contributed by atoms with Crippen LogP contribution in [0.1, 0.15) is 27.2 Å². The van der Waals surface area contributed by atoms with Crippen LogP contribution >= 0.6 is 23.2 Å². The lowest BCUT2D eigenvalue weighted by Crippen LogP contribution is -2.25. The summed E-state index contributed by atoms with van der Waals surface area (Å²) in [7, 11) is -3.77. The molecule has 0 aliphatic rings. The van der Waals surface area contributed by atoms with Crippen molar-refractivity contribution in [2.24, 2.45) is 5.92 Å². The van der Waals surface area contributed by atoms with Gasteiger partial charge in [-0.3, -0.25) is 4.79 Å². The Balaban J connectivity index is 2.11. The predicted octanol–water partition coefficient (Wildman–Crippen LogP) is 5.15. The first-order valence-electron chi connectivity index (χ1n) is 9.80. The van der Waals surface area contributed by atoms with Crippen LogP contribution in [-0.4, -0.2) is 39.6 Å². The van der Waals surface area contributed by atoms with Gasteiger partial charge in [-0.15, -0.1) is 11.6 Å². The molecule has 0 spiro atoms. The van der Waals surface area contributed by atoms with E-state index in [9.17, 15) is 13.2 Å². The summed E-state index contributed by atoms with van der Waals surface area (Å²) in [5.74, 6) is 0.873. The highest BCUT2D eigenvalue weighted by molar-refractivity contribution is 7.91. The molecule has 0 fully saturated rings. The van der Waals surface area contributed by atoms with E-state index in [1.54, 1.807) is 12.1 Å². The predicted molar refractivity (Wildman–Crippen MR) is 120 cm³/mol. The van der Waals surface area contributed by atoms with Crippen molar-refractivity contribution in [1.29, 1.82) is 0 Å². The van der Waals surface area contributed by atoms with Gasteiger partial charge in [0.25, 0.3) is 0 Å². The molecule has 0 aliphatic heterocycles. The first-order chi connectivity index (χ1) is 14.7. The molecule has 0 heterocycles. The zero-order chi connectivity index (χ0) is 23.0. The highest BCUT2D eigenvalue weighted by atomic mass is 35.5. The van der Waals surface area contributed by atoms with Crippen molar-refractivity contribution in [3.05, 3.63) is 47.5 Å². The van der Waals surface area contributed by atoms with Crippen molar-refractivity contribution in [2.75, 3.05) is 19.1 Å². The Labute approximate surface area is 193 Å². The number of esters is 1. The largest absolute Gasteiger partial charge is 0.493 e. The molecule has 0 N–H and O–H groups in total. The zero-order valence-electron chi connectivity index (χ0n) is 17.6. The van der Waals surface area contributed by atoms with Crippen LogP contribution in [0.25, 0.3) is 0 Å². The van der Waals surface area contributed by atoms with Crippen molar-refractivity contribution < 1.29 is 27.4 Å². The van der Waals surface area contributed by atoms with Crippen molar-refractivity contribution in [3.63, 3.8) is 0 Å². The maximum Gasteiger partial charge on any atom is 0.303 e. The van der Waals surface area contributed by atoms with Crippen LogP contribution in [0, 0.1) is 5.92 Å². The van der Waals surface area contributed by atoms with Gasteiger partial charge in [0.15, 0.2) is 0 Å². The van der Waals surface area contributed by atoms with E-state index in [-0.39, 0.29) is 33.0 Å². The van der Waals surface area contributed by atoms with E-state index in [0.717, 1.165) is 6.42 Å². The lowest BCUT2D eigenvalue weighted by atomic mass is 10.1. The molecule has 0 unspecified atom stereocenters. The quantitative estimate of drug-likeness (QED) is 0.321. The molecule has 2 aromatic carbocycles. The minimum atomic E-state index is -3.77. The zero-order valence-corrected chi connectivity index (χ0v) is 20.0. The molecule has 31 heavy (non-hydrogen) atoms. The second-order valence-corrected chi connectivity index (χ2v) is 9.75. The summed E-state index contributed by atoms with van der Waals surface area (Å²) in [6.45, 7) is 6.01. The lowest BCUT2D eigenvalue weighted by Gasteiger charge is -2.16. The molecule has 0 aliphatic carbocycles. The minimum absolute atomic E-state index is 0.00694. The van der Waals surface area contributed by atoms with E-state index in [2.05, 4.69) is 13.8 Å². The molecule has 9 heteroatoms. The van der Waals surface area contributed by atoms with Gasteiger partial charge in [-0.2, -0.15) is 0 Å². The molecule has 0 saturated heterocycles. The van der Waals surface area contributed by atoms with Crippen LogP contribution < -0.4 is 9.47 Å². The van der Waals surface area contributed by atoms with Gasteiger partial charge < -0.3 is 14.2 Å². The Bertz CT molecular complexity index is 976. The second-order valence-electron chi connectivity index (χ2n) is 7.09. The molecule has 0 amide bonds. The number of alkyl halides is 1. The Morgan fingerprint density at radius 3 is 2.23 bits per heavy atom. The first-order valence-corrected chi connectivity index (χ1v) is 12.2. The third-order valence-electron chi connectivity index (χ3n) is 4.51. The van der Waals surface area contributed by atoms with Gasteiger partial charge >= 0.3 is 5.97 Å². The molecule has 2 aromatic rings. The number of carbonyl (C=O) groups is 1. The molecular formula is C22H26Cl2O6S. The Morgan fingerprint density at radius 2 is 1.68 bits per heavy atom. The van der Waals surface area contributed by atoms with Gasteiger partial charge in [0.2, 0.25) is 9.84 Å². The van der Waals surface area contributed by atoms with E-state index >= 15 is 0 Å². The van der Waals surface area contributed by atoms with E-state index in [0.29, 0.717) is 18.3 Å². The lowest BCUT2D eigenvalue weighted by molar-refractivity contribution is -0.146. The minimum Gasteiger partial charge on any atom is -0.493 e. The van der Waals surface area contributed by atoms with E-state index in [1.165, 1.54) is 37.3 Å². The number of sulfone groups is 1. The number of halogens is 2. The molecule has 0 saturated carbocycles. The Hall–Kier alpha value is -1.96. The number of carbonyl (C=O) groups excluding carboxylic acids is 1. The third-order valence-corrected chi connectivity index (χ3v) is 6.92. The average Bonchev–Trinajstić information content (AvgIpc) is 2.75. The fourth-order valence-electron chi connectivity index (χ4n) is 2.50. The Kier molecular flexibility index (Phi) is 9.47. The average molecular weight is 489 g/mol. The van der Waals surface area contributed by atoms with Crippen LogP contribution in [0.4, 0.5) is 0 Å². The van der Waals surface area contributed by atoms with E-state index in [1.807, 2.05) is 0 Å². The van der Waals surface area contributed by atoms with Crippen molar-refractivity contribution >= 4 is 39.0 Å². The van der Waals surface area contributed by atoms with Crippen molar-refractivity contribution in [3.8, 4) is 11.5 Å². The van der Waals surface area contributed by atoms with Crippen LogP contribution in [0.2, 0.25) is 5.02 Å². The third kappa shape index (κ3) is 7.30. The summed E-state index contributed by atoms with van der Waals surface area (Å²) in [5, 5.41) is 0.116. The SMILES string of the molecule is CC[C@H](C)COc1ccc(S(=O)(=O)c2ccc(OC[C@@H](CCl)OC(C)=O)c(Cl)c2)cc1. The second kappa shape index (κ2) is 11.6. The van der Waals surface area contributed by atoms with Crippen LogP contribution in [-0.2, 0) is 19.4 Å². The normalized spacial score (nSPS) is 13.3. The summed E-state index contributed by atoms with van der Waals surface area (Å²) in [6.07, 6.45) is 0.364. The summed E-state index contributed by atoms with van der Waals surface area (Å²) in [5.41, 5.74) is 0. The van der Waals surface area contributed by atoms with Crippen molar-refractivity contribution in [1.82, 2.24) is 0 Å². The molecular weight excluding hydrogens is 463 g/mol. The topological polar surface area (TPSA) is 78.9 Å². The molecule has 2 atom stereocenters. The molecule has 0 radical (unpaired) electrons. The van der Waals surface area contributed by atoms with Crippen molar-refractivity contribution in [2.45, 2.75) is 43.1 Å². The molecule has 170 valence electrons. The standard InChI is InChI=1S/C22H26Cl2O6S/c1-4-15(2)13-28-17-5-7-19(8-6-17)31(26,27)20-9-10-22(21(24)11-20)29-14-18(12-23)30-16(3)25/h5-11,15,18H,4,12-14H2,1-3H3/t15-,18+/m0/s1. The number of benzene rings is 2. The maximum atomic E-state index is 12.9. The monoisotopic (exact) mass is 488 g/mol. The van der Waals surface area contributed by atoms with Crippen LogP contribution in [0.15, 0.2) is 52.3 Å². The van der Waals surface area contributed by atoms with E-state index in [4.69, 9.17) is 37.4 Å². The summed E-state index contributed by atoms with van der Waals surface area (Å²) in [4.78, 5) is 11.2. The van der Waals surface area contributed by atoms with Gasteiger partial charge in [-0.1, -0.05) is 31.9 Å². The molecule has 0 bridgehead atoms. The summed E-state index contributed by atoms with van der Waals surface area (Å²) in [6, 6.07) is 10.5. The number of hydrogen-bond donors (Lipinski definition) is 0. The number of hydrogen-bond acceptors (Lipinski definition) is 6. The highest BCUT2D eigenvalue weighted by Gasteiger charge is 2.20. The van der Waals surface area contributed by atoms with Gasteiger partial charge in [-0.25, -0.2) is 8.42 Å². The van der Waals surface area contributed by atoms with Crippen LogP contribution in [0.3, 0.4) is 0 Å². The van der Waals surface area contributed by atoms with Gasteiger partial charge in [0, 0.05) is 6.92 Å². The number of rotatable bonds is 11. The number of ether oxygens (including phenoxy) is 3. The highest BCUT2D eigenvalue weighted by Crippen LogP contribution is 2.31. The fraction of sp³-hybridized carbons (Fsp3) is 0.409. The smallest absolute Gasteiger partial charge is 0.303 e. The summed E-state index contributed by atoms with van der Waals surface area (Å²) >= 11 is 12.0.